The second kappa shape index (κ2) is 11.1. The summed E-state index contributed by atoms with van der Waals surface area (Å²) in [5.74, 6) is 6.49. The molecule has 1 saturated heterocycles. The first-order valence-corrected chi connectivity index (χ1v) is 8.38. The van der Waals surface area contributed by atoms with Crippen LogP contribution in [0.25, 0.3) is 0 Å². The van der Waals surface area contributed by atoms with E-state index >= 15 is 0 Å². The molecule has 1 unspecified atom stereocenters. The van der Waals surface area contributed by atoms with Gasteiger partial charge in [0.25, 0.3) is 0 Å². The number of hydrogen-bond acceptors (Lipinski definition) is 5. The smallest absolute Gasteiger partial charge is 0.157 e. The molecule has 2 rings (SSSR count). The zero-order valence-electron chi connectivity index (χ0n) is 14.2. The average molecular weight is 334 g/mol. The molecule has 0 aromatic heterocycles. The van der Waals surface area contributed by atoms with Crippen molar-refractivity contribution in [2.75, 3.05) is 26.9 Å². The van der Waals surface area contributed by atoms with E-state index in [1.54, 1.807) is 7.11 Å². The van der Waals surface area contributed by atoms with Gasteiger partial charge in [-0.2, -0.15) is 0 Å². The highest BCUT2D eigenvalue weighted by atomic mass is 16.7. The second-order valence-corrected chi connectivity index (χ2v) is 5.62. The highest BCUT2D eigenvalue weighted by Gasteiger charge is 2.12. The lowest BCUT2D eigenvalue weighted by Gasteiger charge is -2.22. The highest BCUT2D eigenvalue weighted by molar-refractivity contribution is 5.26. The van der Waals surface area contributed by atoms with Crippen LogP contribution in [0, 0.1) is 11.8 Å². The fourth-order valence-electron chi connectivity index (χ4n) is 2.33. The normalized spacial score (nSPS) is 18.5. The molecule has 1 N–H and O–H groups in total. The Morgan fingerprint density at radius 2 is 2.12 bits per heavy atom. The number of aliphatic hydroxyl groups excluding tert-OH is 1. The molecule has 0 spiro atoms. The van der Waals surface area contributed by atoms with Gasteiger partial charge in [0.1, 0.15) is 11.9 Å². The van der Waals surface area contributed by atoms with Crippen LogP contribution >= 0.6 is 0 Å². The summed E-state index contributed by atoms with van der Waals surface area (Å²) in [6, 6.07) is 7.62. The zero-order chi connectivity index (χ0) is 17.0. The lowest BCUT2D eigenvalue weighted by molar-refractivity contribution is -0.161. The van der Waals surface area contributed by atoms with Crippen LogP contribution in [0.3, 0.4) is 0 Å². The summed E-state index contributed by atoms with van der Waals surface area (Å²) in [5.41, 5.74) is 1.02. The summed E-state index contributed by atoms with van der Waals surface area (Å²) in [6.07, 6.45) is 2.93. The molecule has 1 aromatic rings. The summed E-state index contributed by atoms with van der Waals surface area (Å²) in [5, 5.41) is 9.77. The molecular weight excluding hydrogens is 308 g/mol. The fourth-order valence-corrected chi connectivity index (χ4v) is 2.33. The first-order chi connectivity index (χ1) is 11.8. The third kappa shape index (κ3) is 7.33. The molecule has 5 heteroatoms. The van der Waals surface area contributed by atoms with Crippen LogP contribution in [-0.2, 0) is 20.8 Å². The van der Waals surface area contributed by atoms with E-state index in [1.807, 2.05) is 24.3 Å². The Morgan fingerprint density at radius 3 is 2.83 bits per heavy atom. The van der Waals surface area contributed by atoms with Crippen molar-refractivity contribution in [3.63, 3.8) is 0 Å². The second-order valence-electron chi connectivity index (χ2n) is 5.62. The van der Waals surface area contributed by atoms with Gasteiger partial charge >= 0.3 is 0 Å². The van der Waals surface area contributed by atoms with E-state index in [0.29, 0.717) is 19.6 Å². The van der Waals surface area contributed by atoms with Crippen molar-refractivity contribution in [2.24, 2.45) is 0 Å². The van der Waals surface area contributed by atoms with Crippen LogP contribution < -0.4 is 4.74 Å². The van der Waals surface area contributed by atoms with Gasteiger partial charge in [-0.3, -0.25) is 0 Å². The molecule has 0 amide bonds. The summed E-state index contributed by atoms with van der Waals surface area (Å²) in [7, 11) is 1.63. The van der Waals surface area contributed by atoms with Gasteiger partial charge in [0.2, 0.25) is 0 Å². The van der Waals surface area contributed by atoms with E-state index in [9.17, 15) is 5.11 Å². The van der Waals surface area contributed by atoms with Gasteiger partial charge in [-0.05, 0) is 37.0 Å². The number of methoxy groups -OCH3 is 1. The molecule has 5 nitrogen and oxygen atoms in total. The van der Waals surface area contributed by atoms with Gasteiger partial charge in [-0.25, -0.2) is 0 Å². The molecule has 2 atom stereocenters. The first kappa shape index (κ1) is 18.8. The molecule has 0 radical (unpaired) electrons. The predicted molar refractivity (Wildman–Crippen MR) is 90.6 cm³/mol. The maximum absolute atomic E-state index is 9.77. The van der Waals surface area contributed by atoms with Crippen LogP contribution in [0.2, 0.25) is 0 Å². The summed E-state index contributed by atoms with van der Waals surface area (Å²) < 4.78 is 21.6. The molecule has 24 heavy (non-hydrogen) atoms. The first-order valence-electron chi connectivity index (χ1n) is 8.38. The topological polar surface area (TPSA) is 57.2 Å². The molecule has 132 valence electrons. The van der Waals surface area contributed by atoms with Crippen molar-refractivity contribution in [1.82, 2.24) is 0 Å². The van der Waals surface area contributed by atoms with Gasteiger partial charge in [-0.1, -0.05) is 24.0 Å². The zero-order valence-corrected chi connectivity index (χ0v) is 14.2. The molecule has 0 aliphatic carbocycles. The Morgan fingerprint density at radius 1 is 1.29 bits per heavy atom. The average Bonchev–Trinajstić information content (AvgIpc) is 2.63. The minimum Gasteiger partial charge on any atom is -0.497 e. The van der Waals surface area contributed by atoms with E-state index in [4.69, 9.17) is 18.9 Å². The molecule has 0 bridgehead atoms. The Labute approximate surface area is 143 Å². The Hall–Kier alpha value is -1.58. The summed E-state index contributed by atoms with van der Waals surface area (Å²) in [4.78, 5) is 0. The van der Waals surface area contributed by atoms with Crippen molar-refractivity contribution in [3.8, 4) is 17.6 Å². The number of hydrogen-bond donors (Lipinski definition) is 1. The monoisotopic (exact) mass is 334 g/mol. The SMILES string of the molecule is COc1ccc(COC[C@H](O)C#CCCOC2CCCCO2)cc1. The maximum Gasteiger partial charge on any atom is 0.157 e. The lowest BCUT2D eigenvalue weighted by Crippen LogP contribution is -2.22. The van der Waals surface area contributed by atoms with Crippen molar-refractivity contribution in [1.29, 1.82) is 0 Å². The quantitative estimate of drug-likeness (QED) is 0.585. The Balaban J connectivity index is 1.54. The Bertz CT molecular complexity index is 511. The largest absolute Gasteiger partial charge is 0.497 e. The third-order valence-corrected chi connectivity index (χ3v) is 3.64. The van der Waals surface area contributed by atoms with Crippen LogP contribution in [-0.4, -0.2) is 44.4 Å². The number of ether oxygens (including phenoxy) is 4. The number of rotatable bonds is 8. The van der Waals surface area contributed by atoms with Gasteiger partial charge in [0.05, 0.1) is 26.9 Å². The third-order valence-electron chi connectivity index (χ3n) is 3.64. The van der Waals surface area contributed by atoms with E-state index in [1.165, 1.54) is 0 Å². The number of aliphatic hydroxyl groups is 1. The minimum atomic E-state index is -0.783. The summed E-state index contributed by atoms with van der Waals surface area (Å²) >= 11 is 0. The number of benzene rings is 1. The van der Waals surface area contributed by atoms with E-state index in [2.05, 4.69) is 11.8 Å². The molecular formula is C19H26O5. The van der Waals surface area contributed by atoms with E-state index in [0.717, 1.165) is 37.2 Å². The van der Waals surface area contributed by atoms with Crippen molar-refractivity contribution < 1.29 is 24.1 Å². The van der Waals surface area contributed by atoms with Gasteiger partial charge < -0.3 is 24.1 Å². The van der Waals surface area contributed by atoms with E-state index in [-0.39, 0.29) is 12.9 Å². The lowest BCUT2D eigenvalue weighted by atomic mass is 10.2. The summed E-state index contributed by atoms with van der Waals surface area (Å²) in [6.45, 7) is 1.92. The molecule has 1 heterocycles. The fraction of sp³-hybridized carbons (Fsp3) is 0.579. The van der Waals surface area contributed by atoms with Gasteiger partial charge in [-0.15, -0.1) is 0 Å². The van der Waals surface area contributed by atoms with Crippen molar-refractivity contribution in [3.05, 3.63) is 29.8 Å². The predicted octanol–water partition coefficient (Wildman–Crippen LogP) is 2.51. The molecule has 1 aliphatic heterocycles. The molecule has 1 aromatic carbocycles. The van der Waals surface area contributed by atoms with Crippen LogP contribution in [0.4, 0.5) is 0 Å². The maximum atomic E-state index is 9.77. The van der Waals surface area contributed by atoms with Gasteiger partial charge in [0, 0.05) is 13.0 Å². The van der Waals surface area contributed by atoms with Crippen LogP contribution in [0.15, 0.2) is 24.3 Å². The van der Waals surface area contributed by atoms with E-state index < -0.39 is 6.10 Å². The Kier molecular flexibility index (Phi) is 8.64. The molecule has 1 aliphatic rings. The van der Waals surface area contributed by atoms with Crippen molar-refractivity contribution >= 4 is 0 Å². The van der Waals surface area contributed by atoms with Crippen molar-refractivity contribution in [2.45, 2.75) is 44.7 Å². The van der Waals surface area contributed by atoms with Crippen LogP contribution in [0.1, 0.15) is 31.2 Å². The van der Waals surface area contributed by atoms with Gasteiger partial charge in [0.15, 0.2) is 6.29 Å². The minimum absolute atomic E-state index is 0.0849. The molecule has 0 saturated carbocycles. The highest BCUT2D eigenvalue weighted by Crippen LogP contribution is 2.13. The standard InChI is InChI=1S/C19H26O5/c1-21-18-10-8-16(9-11-18)14-22-15-17(20)6-2-4-12-23-19-7-3-5-13-24-19/h8-11,17,19-20H,3-5,7,12-15H2,1H3/t17-,19?/m1/s1. The van der Waals surface area contributed by atoms with Crippen LogP contribution in [0.5, 0.6) is 5.75 Å². The molecule has 1 fully saturated rings.